The fourth-order valence-corrected chi connectivity index (χ4v) is 4.15. The largest absolute Gasteiger partial charge is 1.00 e. The van der Waals surface area contributed by atoms with Gasteiger partial charge in [-0.2, -0.15) is 0 Å². The van der Waals surface area contributed by atoms with Crippen LogP contribution in [0.3, 0.4) is 0 Å². The summed E-state index contributed by atoms with van der Waals surface area (Å²) in [6, 6.07) is 15.2. The van der Waals surface area contributed by atoms with Crippen LogP contribution in [0.5, 0.6) is 17.2 Å². The molecule has 0 spiro atoms. The minimum atomic E-state index is -1.20. The number of benzene rings is 3. The molecule has 5 rings (SSSR count). The fourth-order valence-electron chi connectivity index (χ4n) is 3.94. The Balaban J connectivity index is 0.00000353. The molecule has 0 saturated carbocycles. The molecule has 2 heterocycles. The summed E-state index contributed by atoms with van der Waals surface area (Å²) in [5, 5.41) is 22.0. The summed E-state index contributed by atoms with van der Waals surface area (Å²) < 4.78 is 38.4. The van der Waals surface area contributed by atoms with E-state index in [1.165, 1.54) is 42.5 Å². The van der Waals surface area contributed by atoms with Gasteiger partial charge in [0.15, 0.2) is 5.82 Å². The van der Waals surface area contributed by atoms with Gasteiger partial charge in [0.2, 0.25) is 0 Å². The number of carboxylic acids is 1. The van der Waals surface area contributed by atoms with Crippen LogP contribution in [0, 0.1) is 11.6 Å². The zero-order valence-electron chi connectivity index (χ0n) is 20.4. The summed E-state index contributed by atoms with van der Waals surface area (Å²) in [7, 11) is 0. The van der Waals surface area contributed by atoms with E-state index in [0.29, 0.717) is 22.6 Å². The van der Waals surface area contributed by atoms with Crippen LogP contribution in [0.25, 0.3) is 11.3 Å². The van der Waals surface area contributed by atoms with Gasteiger partial charge < -0.3 is 24.7 Å². The number of amides is 1. The summed E-state index contributed by atoms with van der Waals surface area (Å²) in [4.78, 5) is 24.0. The first-order chi connectivity index (χ1) is 18.3. The maximum Gasteiger partial charge on any atom is 1.00 e. The Morgan fingerprint density at radius 3 is 2.46 bits per heavy atom. The van der Waals surface area contributed by atoms with Gasteiger partial charge in [-0.05, 0) is 61.0 Å². The average Bonchev–Trinajstić information content (AvgIpc) is 2.90. The molecule has 1 aromatic heterocycles. The minimum absolute atomic E-state index is 0. The number of nitrogens with one attached hydrogen (secondary N) is 1. The third-order valence-electron chi connectivity index (χ3n) is 5.85. The van der Waals surface area contributed by atoms with Crippen molar-refractivity contribution in [1.29, 1.82) is 0 Å². The Labute approximate surface area is 248 Å². The number of nitrogens with zero attached hydrogens (tertiary/aromatic N) is 2. The summed E-state index contributed by atoms with van der Waals surface area (Å²) in [5.74, 6) is -2.83. The molecular weight excluding hydrogens is 543 g/mol. The van der Waals surface area contributed by atoms with Crippen molar-refractivity contribution in [2.75, 3.05) is 11.9 Å². The van der Waals surface area contributed by atoms with Gasteiger partial charge in [-0.3, -0.25) is 4.79 Å². The van der Waals surface area contributed by atoms with E-state index in [-0.39, 0.29) is 70.4 Å². The molecule has 0 fully saturated rings. The number of ether oxygens (including phenoxy) is 2. The topological polar surface area (TPSA) is 113 Å². The number of carbonyl (C=O) groups excluding carboxylic acids is 2. The van der Waals surface area contributed by atoms with E-state index >= 15 is 0 Å². The monoisotopic (exact) mass is 559 g/mol. The van der Waals surface area contributed by atoms with Crippen molar-refractivity contribution in [2.24, 2.45) is 0 Å². The number of aromatic nitrogens is 2. The molecular formula is C27H17ClF2N3NaO5. The molecule has 1 atom stereocenters. The Morgan fingerprint density at radius 1 is 1.03 bits per heavy atom. The summed E-state index contributed by atoms with van der Waals surface area (Å²) in [6.07, 6.45) is 0.290. The summed E-state index contributed by atoms with van der Waals surface area (Å²) in [5.41, 5.74) is 0.990. The molecule has 12 heteroatoms. The van der Waals surface area contributed by atoms with Crippen molar-refractivity contribution < 1.29 is 62.5 Å². The molecule has 1 aliphatic heterocycles. The molecule has 1 unspecified atom stereocenters. The number of rotatable bonds is 6. The van der Waals surface area contributed by atoms with Crippen molar-refractivity contribution in [2.45, 2.75) is 12.3 Å². The van der Waals surface area contributed by atoms with Gasteiger partial charge in [0, 0.05) is 40.7 Å². The zero-order chi connectivity index (χ0) is 26.8. The fraction of sp³-hybridized carbons (Fsp3) is 0.111. The number of hydrogen-bond donors (Lipinski definition) is 1. The summed E-state index contributed by atoms with van der Waals surface area (Å²) >= 11 is 6.31. The number of fused-ring (bicyclic) bond motifs is 1. The number of carbonyl (C=O) groups is 2. The molecule has 3 aromatic carbocycles. The second-order valence-corrected chi connectivity index (χ2v) is 8.74. The molecule has 0 saturated heterocycles. The van der Waals surface area contributed by atoms with Gasteiger partial charge in [-0.1, -0.05) is 11.6 Å². The standard InChI is InChI=1S/C27H18ClF2N3O5.Na/c28-20-12-19-17(27(35)36)9-10-37-23(19)13-24(20)38-16-4-1-14(2-5-16)26(34)31-25-8-7-22(32-33-25)18-6-3-15(29)11-21(18)30;/h1-8,11-13,17H,9-10H2,(H,35,36)(H,31,33,34);/q;+1/p-1. The number of aliphatic carboxylic acids is 1. The molecule has 0 radical (unpaired) electrons. The van der Waals surface area contributed by atoms with Crippen LogP contribution < -0.4 is 49.5 Å². The van der Waals surface area contributed by atoms with E-state index in [9.17, 15) is 23.5 Å². The molecule has 1 aliphatic rings. The first-order valence-corrected chi connectivity index (χ1v) is 11.7. The van der Waals surface area contributed by atoms with Crippen LogP contribution in [-0.2, 0) is 4.79 Å². The van der Waals surface area contributed by atoms with Gasteiger partial charge in [-0.25, -0.2) is 8.78 Å². The smallest absolute Gasteiger partial charge is 0.549 e. The van der Waals surface area contributed by atoms with Gasteiger partial charge in [-0.15, -0.1) is 10.2 Å². The van der Waals surface area contributed by atoms with E-state index in [0.717, 1.165) is 12.1 Å². The molecule has 8 nitrogen and oxygen atoms in total. The number of carboxylic acid groups (broad SMARTS) is 1. The Bertz CT molecular complexity index is 1540. The van der Waals surface area contributed by atoms with Crippen LogP contribution in [0.1, 0.15) is 28.3 Å². The first-order valence-electron chi connectivity index (χ1n) is 11.3. The van der Waals surface area contributed by atoms with Crippen LogP contribution in [-0.4, -0.2) is 28.7 Å². The van der Waals surface area contributed by atoms with E-state index in [1.54, 1.807) is 12.1 Å². The molecule has 0 bridgehead atoms. The van der Waals surface area contributed by atoms with Gasteiger partial charge in [0.1, 0.15) is 28.9 Å². The van der Waals surface area contributed by atoms with Gasteiger partial charge >= 0.3 is 29.6 Å². The summed E-state index contributed by atoms with van der Waals surface area (Å²) in [6.45, 7) is 0.229. The predicted octanol–water partition coefficient (Wildman–Crippen LogP) is 1.74. The SMILES string of the molecule is O=C(Nc1ccc(-c2ccc(F)cc2F)nn1)c1ccc(Oc2cc3c(cc2Cl)C(C(=O)[O-])CCO3)cc1.[Na+]. The van der Waals surface area contributed by atoms with Crippen molar-refractivity contribution in [3.63, 3.8) is 0 Å². The molecule has 4 aromatic rings. The third-order valence-corrected chi connectivity index (χ3v) is 6.14. The Hall–Kier alpha value is -3.57. The van der Waals surface area contributed by atoms with Crippen LogP contribution in [0.2, 0.25) is 5.02 Å². The van der Waals surface area contributed by atoms with E-state index in [4.69, 9.17) is 21.1 Å². The normalized spacial score (nSPS) is 13.9. The molecule has 1 amide bonds. The Morgan fingerprint density at radius 2 is 1.79 bits per heavy atom. The van der Waals surface area contributed by atoms with Crippen molar-refractivity contribution in [1.82, 2.24) is 10.2 Å². The van der Waals surface area contributed by atoms with E-state index in [1.807, 2.05) is 0 Å². The maximum atomic E-state index is 14.0. The van der Waals surface area contributed by atoms with Crippen molar-refractivity contribution >= 4 is 29.3 Å². The van der Waals surface area contributed by atoms with Crippen LogP contribution in [0.15, 0.2) is 66.7 Å². The molecule has 39 heavy (non-hydrogen) atoms. The Kier molecular flexibility index (Phi) is 8.81. The van der Waals surface area contributed by atoms with Crippen molar-refractivity contribution in [3.8, 4) is 28.5 Å². The second kappa shape index (κ2) is 12.1. The number of hydrogen-bond acceptors (Lipinski definition) is 7. The zero-order valence-corrected chi connectivity index (χ0v) is 23.2. The van der Waals surface area contributed by atoms with Gasteiger partial charge in [0.25, 0.3) is 5.91 Å². The van der Waals surface area contributed by atoms with E-state index in [2.05, 4.69) is 15.5 Å². The molecule has 192 valence electrons. The number of anilines is 1. The van der Waals surface area contributed by atoms with Crippen molar-refractivity contribution in [3.05, 3.63) is 94.5 Å². The average molecular weight is 560 g/mol. The first kappa shape index (κ1) is 28.4. The van der Waals surface area contributed by atoms with Gasteiger partial charge in [0.05, 0.1) is 17.3 Å². The minimum Gasteiger partial charge on any atom is -0.549 e. The third kappa shape index (κ3) is 6.36. The predicted molar refractivity (Wildman–Crippen MR) is 131 cm³/mol. The van der Waals surface area contributed by atoms with Crippen LogP contribution >= 0.6 is 11.6 Å². The maximum absolute atomic E-state index is 14.0. The quantitative estimate of drug-likeness (QED) is 0.358. The molecule has 1 N–H and O–H groups in total. The van der Waals surface area contributed by atoms with Crippen LogP contribution in [0.4, 0.5) is 14.6 Å². The second-order valence-electron chi connectivity index (χ2n) is 8.34. The van der Waals surface area contributed by atoms with E-state index < -0.39 is 29.4 Å². The molecule has 0 aliphatic carbocycles. The number of halogens is 3.